The number of benzene rings is 1. The van der Waals surface area contributed by atoms with Crippen LogP contribution in [0.15, 0.2) is 36.5 Å². The van der Waals surface area contributed by atoms with Gasteiger partial charge in [0, 0.05) is 31.3 Å². The Morgan fingerprint density at radius 3 is 2.88 bits per heavy atom. The van der Waals surface area contributed by atoms with Crippen LogP contribution < -0.4 is 10.1 Å². The number of aromatic nitrogens is 1. The SMILES string of the molecule is CN1CCC2(CC1)CC(NC(=O)c1ccns1)c1ccccc1O2. The van der Waals surface area contributed by atoms with E-state index in [0.717, 1.165) is 43.7 Å². The van der Waals surface area contributed by atoms with Crippen LogP contribution in [0.25, 0.3) is 0 Å². The van der Waals surface area contributed by atoms with Gasteiger partial charge in [0.1, 0.15) is 16.2 Å². The Hall–Kier alpha value is -1.92. The zero-order valence-electron chi connectivity index (χ0n) is 13.7. The molecule has 1 aromatic heterocycles. The molecular formula is C18H21N3O2S. The van der Waals surface area contributed by atoms with Gasteiger partial charge in [-0.3, -0.25) is 4.79 Å². The third-order valence-electron chi connectivity index (χ3n) is 5.06. The van der Waals surface area contributed by atoms with Gasteiger partial charge in [0.05, 0.1) is 6.04 Å². The van der Waals surface area contributed by atoms with Crippen molar-refractivity contribution in [2.24, 2.45) is 0 Å². The van der Waals surface area contributed by atoms with E-state index in [1.54, 1.807) is 12.3 Å². The summed E-state index contributed by atoms with van der Waals surface area (Å²) >= 11 is 1.23. The van der Waals surface area contributed by atoms with Crippen molar-refractivity contribution in [3.8, 4) is 5.75 Å². The Morgan fingerprint density at radius 2 is 2.12 bits per heavy atom. The Morgan fingerprint density at radius 1 is 1.33 bits per heavy atom. The number of para-hydroxylation sites is 1. The van der Waals surface area contributed by atoms with Crippen LogP contribution in [-0.4, -0.2) is 40.9 Å². The van der Waals surface area contributed by atoms with Gasteiger partial charge in [-0.25, -0.2) is 4.37 Å². The van der Waals surface area contributed by atoms with Crippen molar-refractivity contribution < 1.29 is 9.53 Å². The van der Waals surface area contributed by atoms with E-state index in [1.807, 2.05) is 18.2 Å². The number of nitrogens with one attached hydrogen (secondary N) is 1. The average Bonchev–Trinajstić information content (AvgIpc) is 3.13. The van der Waals surface area contributed by atoms with Gasteiger partial charge < -0.3 is 15.0 Å². The first-order valence-corrected chi connectivity index (χ1v) is 9.11. The molecule has 0 bridgehead atoms. The Bertz CT molecular complexity index is 724. The number of ether oxygens (including phenoxy) is 1. The largest absolute Gasteiger partial charge is 0.487 e. The average molecular weight is 343 g/mol. The van der Waals surface area contributed by atoms with E-state index in [2.05, 4.69) is 27.7 Å². The summed E-state index contributed by atoms with van der Waals surface area (Å²) in [6, 6.07) is 9.80. The van der Waals surface area contributed by atoms with Gasteiger partial charge in [0.25, 0.3) is 5.91 Å². The molecule has 1 unspecified atom stereocenters. The predicted octanol–water partition coefficient (Wildman–Crippen LogP) is 2.86. The molecular weight excluding hydrogens is 322 g/mol. The number of likely N-dealkylation sites (tertiary alicyclic amines) is 1. The van der Waals surface area contributed by atoms with E-state index in [0.29, 0.717) is 4.88 Å². The lowest BCUT2D eigenvalue weighted by atomic mass is 9.80. The summed E-state index contributed by atoms with van der Waals surface area (Å²) in [6.07, 6.45) is 4.47. The molecule has 1 spiro atoms. The first-order chi connectivity index (χ1) is 11.7. The fourth-order valence-corrected chi connectivity index (χ4v) is 4.14. The Balaban J connectivity index is 1.61. The van der Waals surface area contributed by atoms with E-state index in [1.165, 1.54) is 11.5 Å². The van der Waals surface area contributed by atoms with Crippen LogP contribution in [0.3, 0.4) is 0 Å². The standard InChI is InChI=1S/C18H21N3O2S/c1-21-10-7-18(8-11-21)12-14(13-4-2-3-5-15(13)23-18)20-17(22)16-6-9-19-24-16/h2-6,9,14H,7-8,10-12H2,1H3,(H,20,22). The molecule has 1 fully saturated rings. The lowest BCUT2D eigenvalue weighted by Gasteiger charge is -2.46. The molecule has 3 heterocycles. The molecule has 6 heteroatoms. The minimum Gasteiger partial charge on any atom is -0.487 e. The van der Waals surface area contributed by atoms with Gasteiger partial charge in [0.15, 0.2) is 0 Å². The molecule has 1 saturated heterocycles. The maximum atomic E-state index is 12.5. The number of rotatable bonds is 2. The smallest absolute Gasteiger partial charge is 0.263 e. The quantitative estimate of drug-likeness (QED) is 0.911. The molecule has 24 heavy (non-hydrogen) atoms. The predicted molar refractivity (Wildman–Crippen MR) is 93.5 cm³/mol. The van der Waals surface area contributed by atoms with Gasteiger partial charge in [-0.2, -0.15) is 0 Å². The van der Waals surface area contributed by atoms with Crippen molar-refractivity contribution >= 4 is 17.4 Å². The molecule has 5 nitrogen and oxygen atoms in total. The van der Waals surface area contributed by atoms with E-state index >= 15 is 0 Å². The third-order valence-corrected chi connectivity index (χ3v) is 5.81. The van der Waals surface area contributed by atoms with Crippen molar-refractivity contribution in [2.75, 3.05) is 20.1 Å². The van der Waals surface area contributed by atoms with Gasteiger partial charge in [-0.15, -0.1) is 0 Å². The molecule has 1 N–H and O–H groups in total. The second-order valence-corrected chi connectivity index (χ2v) is 7.57. The number of carbonyl (C=O) groups excluding carboxylic acids is 1. The second-order valence-electron chi connectivity index (χ2n) is 6.73. The first kappa shape index (κ1) is 15.6. The first-order valence-electron chi connectivity index (χ1n) is 8.33. The van der Waals surface area contributed by atoms with Crippen molar-refractivity contribution in [1.29, 1.82) is 0 Å². The zero-order chi connectivity index (χ0) is 16.6. The number of fused-ring (bicyclic) bond motifs is 1. The summed E-state index contributed by atoms with van der Waals surface area (Å²) in [7, 11) is 2.15. The van der Waals surface area contributed by atoms with Gasteiger partial charge in [-0.05, 0) is 43.6 Å². The lowest BCUT2D eigenvalue weighted by molar-refractivity contribution is -0.0195. The molecule has 0 aliphatic carbocycles. The fraction of sp³-hybridized carbons (Fsp3) is 0.444. The molecule has 0 radical (unpaired) electrons. The lowest BCUT2D eigenvalue weighted by Crippen LogP contribution is -2.51. The topological polar surface area (TPSA) is 54.5 Å². The normalized spacial score (nSPS) is 22.6. The molecule has 1 amide bonds. The van der Waals surface area contributed by atoms with Gasteiger partial charge in [0.2, 0.25) is 0 Å². The number of piperidine rings is 1. The molecule has 4 rings (SSSR count). The van der Waals surface area contributed by atoms with E-state index in [9.17, 15) is 4.79 Å². The molecule has 126 valence electrons. The summed E-state index contributed by atoms with van der Waals surface area (Å²) in [5, 5.41) is 3.20. The molecule has 2 aromatic rings. The molecule has 0 saturated carbocycles. The van der Waals surface area contributed by atoms with Gasteiger partial charge in [-0.1, -0.05) is 18.2 Å². The van der Waals surface area contributed by atoms with Crippen LogP contribution in [0, 0.1) is 0 Å². The van der Waals surface area contributed by atoms with Gasteiger partial charge >= 0.3 is 0 Å². The number of nitrogens with zero attached hydrogens (tertiary/aromatic N) is 2. The van der Waals surface area contributed by atoms with Crippen molar-refractivity contribution in [2.45, 2.75) is 30.9 Å². The highest BCUT2D eigenvalue weighted by atomic mass is 32.1. The number of amides is 1. The van der Waals surface area contributed by atoms with Crippen LogP contribution in [-0.2, 0) is 0 Å². The van der Waals surface area contributed by atoms with Crippen LogP contribution in [0.2, 0.25) is 0 Å². The van der Waals surface area contributed by atoms with Crippen LogP contribution in [0.1, 0.15) is 40.5 Å². The zero-order valence-corrected chi connectivity index (χ0v) is 14.5. The van der Waals surface area contributed by atoms with Crippen LogP contribution >= 0.6 is 11.5 Å². The highest BCUT2D eigenvalue weighted by Gasteiger charge is 2.43. The maximum Gasteiger partial charge on any atom is 0.263 e. The summed E-state index contributed by atoms with van der Waals surface area (Å²) in [6.45, 7) is 2.05. The summed E-state index contributed by atoms with van der Waals surface area (Å²) in [5.74, 6) is 0.852. The summed E-state index contributed by atoms with van der Waals surface area (Å²) in [5.41, 5.74) is 0.895. The van der Waals surface area contributed by atoms with E-state index in [-0.39, 0.29) is 17.6 Å². The molecule has 2 aliphatic rings. The summed E-state index contributed by atoms with van der Waals surface area (Å²) in [4.78, 5) is 15.5. The molecule has 2 aliphatic heterocycles. The monoisotopic (exact) mass is 343 g/mol. The fourth-order valence-electron chi connectivity index (χ4n) is 3.64. The van der Waals surface area contributed by atoms with Crippen molar-refractivity contribution in [3.05, 3.63) is 47.0 Å². The minimum absolute atomic E-state index is 0.0204. The highest BCUT2D eigenvalue weighted by Crippen LogP contribution is 2.44. The Labute approximate surface area is 145 Å². The Kier molecular flexibility index (Phi) is 4.02. The third kappa shape index (κ3) is 2.91. The summed E-state index contributed by atoms with van der Waals surface area (Å²) < 4.78 is 10.4. The molecule has 1 aromatic carbocycles. The number of hydrogen-bond donors (Lipinski definition) is 1. The number of hydrogen-bond acceptors (Lipinski definition) is 5. The molecule has 1 atom stereocenters. The number of carbonyl (C=O) groups is 1. The van der Waals surface area contributed by atoms with E-state index in [4.69, 9.17) is 4.74 Å². The van der Waals surface area contributed by atoms with Crippen LogP contribution in [0.5, 0.6) is 5.75 Å². The van der Waals surface area contributed by atoms with Crippen LogP contribution in [0.4, 0.5) is 0 Å². The maximum absolute atomic E-state index is 12.5. The second kappa shape index (κ2) is 6.18. The van der Waals surface area contributed by atoms with E-state index < -0.39 is 0 Å². The minimum atomic E-state index is -0.174. The highest BCUT2D eigenvalue weighted by molar-refractivity contribution is 7.08. The van der Waals surface area contributed by atoms with Crippen molar-refractivity contribution in [3.63, 3.8) is 0 Å². The van der Waals surface area contributed by atoms with Crippen molar-refractivity contribution in [1.82, 2.24) is 14.6 Å².